The van der Waals surface area contributed by atoms with E-state index in [1.165, 1.54) is 54.6 Å². The fraction of sp³-hybridized carbons (Fsp3) is 0.161. The lowest BCUT2D eigenvalue weighted by molar-refractivity contribution is 0.663. The van der Waals surface area contributed by atoms with Crippen molar-refractivity contribution in [1.29, 1.82) is 0 Å². The van der Waals surface area contributed by atoms with E-state index in [0.717, 1.165) is 117 Å². The minimum atomic E-state index is 0.894. The third kappa shape index (κ3) is 6.26. The lowest BCUT2D eigenvalue weighted by atomic mass is 9.91. The molecule has 4 nitrogen and oxygen atoms in total. The number of nitrogens with zero attached hydrogens (tertiary/aromatic N) is 2. The first-order valence-corrected chi connectivity index (χ1v) is 23.9. The first-order valence-electron chi connectivity index (χ1n) is 23.9. The summed E-state index contributed by atoms with van der Waals surface area (Å²) in [7, 11) is 0. The van der Waals surface area contributed by atoms with Gasteiger partial charge in [-0.05, 0) is 118 Å². The highest BCUT2D eigenvalue weighted by Gasteiger charge is 2.26. The van der Waals surface area contributed by atoms with Gasteiger partial charge in [-0.2, -0.15) is 0 Å². The maximum absolute atomic E-state index is 6.97. The van der Waals surface area contributed by atoms with Crippen LogP contribution >= 0.6 is 0 Å². The average molecular weight is 857 g/mol. The Morgan fingerprint density at radius 1 is 0.333 bits per heavy atom. The van der Waals surface area contributed by atoms with Crippen LogP contribution in [0.25, 0.3) is 76.2 Å². The van der Waals surface area contributed by atoms with Gasteiger partial charge in [0, 0.05) is 43.7 Å². The van der Waals surface area contributed by atoms with Crippen LogP contribution in [0.5, 0.6) is 0 Å². The lowest BCUT2D eigenvalue weighted by Crippen LogP contribution is -2.12. The zero-order valence-corrected chi connectivity index (χ0v) is 38.1. The minimum absolute atomic E-state index is 0.894. The number of aryl methyl sites for hydroxylation is 4. The number of fused-ring (bicyclic) bond motifs is 6. The fourth-order valence-corrected chi connectivity index (χ4v) is 10.8. The molecule has 0 aliphatic carbocycles. The topological polar surface area (TPSA) is 32.8 Å². The predicted molar refractivity (Wildman–Crippen MR) is 281 cm³/mol. The Morgan fingerprint density at radius 2 is 0.712 bits per heavy atom. The number of rotatable bonds is 12. The summed E-state index contributed by atoms with van der Waals surface area (Å²) in [4.78, 5) is 4.85. The average Bonchev–Trinajstić information content (AvgIpc) is 3.95. The number of para-hydroxylation sites is 4. The molecule has 0 fully saturated rings. The van der Waals surface area contributed by atoms with Gasteiger partial charge >= 0.3 is 0 Å². The Bertz CT molecular complexity index is 3510. The van der Waals surface area contributed by atoms with Crippen LogP contribution in [0.15, 0.2) is 179 Å². The Hall–Kier alpha value is -7.56. The van der Waals surface area contributed by atoms with Crippen LogP contribution in [-0.2, 0) is 25.7 Å². The maximum atomic E-state index is 6.97. The summed E-state index contributed by atoms with van der Waals surface area (Å²) >= 11 is 0. The third-order valence-corrected chi connectivity index (χ3v) is 14.0. The van der Waals surface area contributed by atoms with Gasteiger partial charge in [0.25, 0.3) is 0 Å². The van der Waals surface area contributed by atoms with Crippen LogP contribution in [0.2, 0.25) is 0 Å². The van der Waals surface area contributed by atoms with Crippen LogP contribution in [-0.4, -0.2) is 0 Å². The molecule has 12 rings (SSSR count). The SMILES string of the molecule is CCCc1ccc(N(c2ccc3ccc4c(N(c5ccc(CCC)cc5)c5cccc6c5oc5c(CC)cccc56)ccc5ccc2c3c54)c2cccc3c2oc2c(CC)cccc23)cc1. The molecule has 0 saturated heterocycles. The van der Waals surface area contributed by atoms with E-state index in [-0.39, 0.29) is 0 Å². The van der Waals surface area contributed by atoms with Crippen molar-refractivity contribution in [2.45, 2.75) is 66.2 Å². The molecule has 0 bridgehead atoms. The van der Waals surface area contributed by atoms with Crippen LogP contribution in [0.1, 0.15) is 62.8 Å². The van der Waals surface area contributed by atoms with Gasteiger partial charge in [0.15, 0.2) is 11.2 Å². The molecule has 0 aliphatic heterocycles. The summed E-state index contributed by atoms with van der Waals surface area (Å²) in [6.07, 6.45) is 6.11. The summed E-state index contributed by atoms with van der Waals surface area (Å²) < 4.78 is 13.9. The van der Waals surface area contributed by atoms with E-state index in [1.54, 1.807) is 0 Å². The highest BCUT2D eigenvalue weighted by molar-refractivity contribution is 6.28. The predicted octanol–water partition coefficient (Wildman–Crippen LogP) is 18.4. The molecule has 0 spiro atoms. The van der Waals surface area contributed by atoms with Crippen LogP contribution < -0.4 is 9.80 Å². The first kappa shape index (κ1) is 40.0. The molecule has 0 unspecified atom stereocenters. The van der Waals surface area contributed by atoms with Gasteiger partial charge in [0.1, 0.15) is 11.2 Å². The van der Waals surface area contributed by atoms with Crippen molar-refractivity contribution in [3.8, 4) is 0 Å². The van der Waals surface area contributed by atoms with Crippen molar-refractivity contribution in [2.24, 2.45) is 0 Å². The molecule has 10 aromatic carbocycles. The molecule has 0 amide bonds. The molecular weight excluding hydrogens is 805 g/mol. The van der Waals surface area contributed by atoms with E-state index in [1.807, 2.05) is 0 Å². The van der Waals surface area contributed by atoms with E-state index in [0.29, 0.717) is 0 Å². The monoisotopic (exact) mass is 856 g/mol. The van der Waals surface area contributed by atoms with E-state index in [9.17, 15) is 0 Å². The number of hydrogen-bond acceptors (Lipinski definition) is 4. The zero-order valence-electron chi connectivity index (χ0n) is 38.1. The smallest absolute Gasteiger partial charge is 0.159 e. The van der Waals surface area contributed by atoms with E-state index in [4.69, 9.17) is 8.83 Å². The quantitative estimate of drug-likeness (QED) is 0.115. The summed E-state index contributed by atoms with van der Waals surface area (Å²) in [5.41, 5.74) is 15.3. The first-order chi connectivity index (χ1) is 32.6. The molecule has 0 N–H and O–H groups in total. The number of benzene rings is 10. The van der Waals surface area contributed by atoms with Crippen molar-refractivity contribution in [3.05, 3.63) is 192 Å². The summed E-state index contributed by atoms with van der Waals surface area (Å²) in [6.45, 7) is 8.89. The molecule has 4 heteroatoms. The molecule has 0 saturated carbocycles. The highest BCUT2D eigenvalue weighted by Crippen LogP contribution is 2.50. The molecule has 12 aromatic rings. The fourth-order valence-electron chi connectivity index (χ4n) is 10.8. The van der Waals surface area contributed by atoms with Crippen molar-refractivity contribution in [3.63, 3.8) is 0 Å². The maximum Gasteiger partial charge on any atom is 0.159 e. The second kappa shape index (κ2) is 16.2. The molecule has 2 heterocycles. The normalized spacial score (nSPS) is 12.0. The highest BCUT2D eigenvalue weighted by atomic mass is 16.3. The molecule has 0 radical (unpaired) electrons. The molecule has 66 heavy (non-hydrogen) atoms. The van der Waals surface area contributed by atoms with Crippen molar-refractivity contribution in [1.82, 2.24) is 0 Å². The van der Waals surface area contributed by atoms with Crippen molar-refractivity contribution >= 4 is 110 Å². The number of anilines is 6. The summed E-state index contributed by atoms with van der Waals surface area (Å²) in [5, 5.41) is 11.8. The van der Waals surface area contributed by atoms with E-state index >= 15 is 0 Å². The van der Waals surface area contributed by atoms with E-state index in [2.05, 4.69) is 207 Å². The summed E-state index contributed by atoms with van der Waals surface area (Å²) in [6, 6.07) is 63.1. The molecule has 0 atom stereocenters. The molecular formula is C62H52N2O2. The lowest BCUT2D eigenvalue weighted by Gasteiger charge is -2.29. The number of hydrogen-bond donors (Lipinski definition) is 0. The van der Waals surface area contributed by atoms with Crippen LogP contribution in [0.3, 0.4) is 0 Å². The number of furan rings is 2. The van der Waals surface area contributed by atoms with Crippen molar-refractivity contribution in [2.75, 3.05) is 9.80 Å². The van der Waals surface area contributed by atoms with Crippen molar-refractivity contribution < 1.29 is 8.83 Å². The van der Waals surface area contributed by atoms with Gasteiger partial charge in [-0.1, -0.05) is 162 Å². The van der Waals surface area contributed by atoms with Gasteiger partial charge in [-0.3, -0.25) is 0 Å². The van der Waals surface area contributed by atoms with Gasteiger partial charge in [0.2, 0.25) is 0 Å². The Balaban J connectivity index is 1.11. The Morgan fingerprint density at radius 3 is 1.11 bits per heavy atom. The largest absolute Gasteiger partial charge is 0.454 e. The van der Waals surface area contributed by atoms with E-state index < -0.39 is 0 Å². The Labute approximate surface area is 385 Å². The Kier molecular flexibility index (Phi) is 9.78. The summed E-state index contributed by atoms with van der Waals surface area (Å²) in [5.74, 6) is 0. The standard InChI is InChI=1S/C62H52N2O2/c1-5-13-39-23-31-45(32-24-39)63(55-21-11-19-49-47-17-9-15-41(7-3)59(47)65-61(49)55)53-37-29-43-28-36-52-54(38-30-44-27-35-51(53)57(43)58(44)52)64(46-33-25-40(14-6-2)26-34-46)56-22-12-20-50-48-18-10-16-42(8-4)60(48)66-62(50)56/h9-12,15-38H,5-8,13-14H2,1-4H3. The van der Waals surface area contributed by atoms with Gasteiger partial charge in [-0.25, -0.2) is 0 Å². The van der Waals surface area contributed by atoms with Crippen LogP contribution in [0.4, 0.5) is 34.1 Å². The minimum Gasteiger partial charge on any atom is -0.454 e. The third-order valence-electron chi connectivity index (χ3n) is 14.0. The van der Waals surface area contributed by atoms with Crippen LogP contribution in [0, 0.1) is 0 Å². The van der Waals surface area contributed by atoms with Gasteiger partial charge in [-0.15, -0.1) is 0 Å². The second-order valence-electron chi connectivity index (χ2n) is 17.9. The van der Waals surface area contributed by atoms with Gasteiger partial charge < -0.3 is 18.6 Å². The second-order valence-corrected chi connectivity index (χ2v) is 17.9. The molecule has 2 aromatic heterocycles. The zero-order chi connectivity index (χ0) is 44.5. The van der Waals surface area contributed by atoms with Gasteiger partial charge in [0.05, 0.1) is 22.7 Å². The molecule has 322 valence electrons. The molecule has 0 aliphatic rings.